The van der Waals surface area contributed by atoms with E-state index in [0.717, 1.165) is 5.69 Å². The Morgan fingerprint density at radius 2 is 1.92 bits per heavy atom. The van der Waals surface area contributed by atoms with Crippen LogP contribution in [0.2, 0.25) is 0 Å². The second-order valence-corrected chi connectivity index (χ2v) is 8.98. The highest BCUT2D eigenvalue weighted by Gasteiger charge is 2.37. The topological polar surface area (TPSA) is 92.7 Å². The van der Waals surface area contributed by atoms with Crippen LogP contribution in [0.4, 0.5) is 10.6 Å². The maximum Gasteiger partial charge on any atom is 0.415 e. The van der Waals surface area contributed by atoms with Gasteiger partial charge in [-0.1, -0.05) is 13.8 Å². The van der Waals surface area contributed by atoms with Crippen molar-refractivity contribution in [2.75, 3.05) is 30.9 Å². The van der Waals surface area contributed by atoms with Crippen LogP contribution < -0.4 is 4.90 Å². The number of aromatic nitrogens is 2. The Morgan fingerprint density at radius 3 is 2.52 bits per heavy atom. The summed E-state index contributed by atoms with van der Waals surface area (Å²) in [5.74, 6) is 0.890. The van der Waals surface area contributed by atoms with E-state index in [1.807, 2.05) is 13.8 Å². The fourth-order valence-corrected chi connectivity index (χ4v) is 4.23. The Labute approximate surface area is 148 Å². The molecule has 1 atom stereocenters. The third-order valence-corrected chi connectivity index (χ3v) is 6.21. The minimum absolute atomic E-state index is 0.0517. The predicted molar refractivity (Wildman–Crippen MR) is 92.9 cm³/mol. The van der Waals surface area contributed by atoms with Crippen LogP contribution in [0.15, 0.2) is 12.4 Å². The zero-order chi connectivity index (χ0) is 18.2. The van der Waals surface area contributed by atoms with Gasteiger partial charge < -0.3 is 4.74 Å². The number of hydrogen-bond acceptors (Lipinski definition) is 6. The van der Waals surface area contributed by atoms with Gasteiger partial charge in [-0.3, -0.25) is 9.88 Å². The lowest BCUT2D eigenvalue weighted by molar-refractivity contribution is 0.177. The normalized spacial score (nSPS) is 23.3. The molecule has 1 aromatic heterocycles. The molecule has 0 spiro atoms. The van der Waals surface area contributed by atoms with Crippen molar-refractivity contribution in [1.82, 2.24) is 14.3 Å². The minimum atomic E-state index is -3.15. The van der Waals surface area contributed by atoms with Crippen molar-refractivity contribution < 1.29 is 17.9 Å². The van der Waals surface area contributed by atoms with E-state index in [-0.39, 0.29) is 17.9 Å². The number of hydrogen-bond donors (Lipinski definition) is 0. The van der Waals surface area contributed by atoms with Crippen LogP contribution in [0.1, 0.15) is 38.3 Å². The fraction of sp³-hybridized carbons (Fsp3) is 0.688. The fourth-order valence-electron chi connectivity index (χ4n) is 3.36. The van der Waals surface area contributed by atoms with Gasteiger partial charge in [0, 0.05) is 25.2 Å². The highest BCUT2D eigenvalue weighted by molar-refractivity contribution is 7.88. The van der Waals surface area contributed by atoms with Crippen LogP contribution in [-0.4, -0.2) is 60.8 Å². The number of anilines is 1. The van der Waals surface area contributed by atoms with Gasteiger partial charge in [0.1, 0.15) is 6.61 Å². The van der Waals surface area contributed by atoms with E-state index in [4.69, 9.17) is 4.74 Å². The maximum absolute atomic E-state index is 12.1. The number of rotatable bonds is 4. The average Bonchev–Trinajstić information content (AvgIpc) is 2.96. The molecule has 0 radical (unpaired) electrons. The molecular weight excluding hydrogens is 344 g/mol. The molecular formula is C16H24N4O4S. The third kappa shape index (κ3) is 3.77. The Bertz CT molecular complexity index is 744. The average molecular weight is 368 g/mol. The van der Waals surface area contributed by atoms with Crippen LogP contribution in [0.25, 0.3) is 0 Å². The number of carbonyl (C=O) groups is 1. The van der Waals surface area contributed by atoms with Gasteiger partial charge in [0.2, 0.25) is 10.0 Å². The molecule has 2 saturated heterocycles. The summed E-state index contributed by atoms with van der Waals surface area (Å²) in [6, 6.07) is -0.0517. The largest absolute Gasteiger partial charge is 0.447 e. The number of cyclic esters (lactones) is 1. The quantitative estimate of drug-likeness (QED) is 0.801. The zero-order valence-electron chi connectivity index (χ0n) is 14.8. The van der Waals surface area contributed by atoms with E-state index in [1.165, 1.54) is 10.6 Å². The molecule has 2 aliphatic rings. The van der Waals surface area contributed by atoms with Crippen molar-refractivity contribution in [2.45, 2.75) is 38.6 Å². The Hall–Kier alpha value is -1.74. The Kier molecular flexibility index (Phi) is 4.97. The second kappa shape index (κ2) is 6.87. The summed E-state index contributed by atoms with van der Waals surface area (Å²) in [6.07, 6.45) is 5.52. The molecule has 25 heavy (non-hydrogen) atoms. The van der Waals surface area contributed by atoms with Gasteiger partial charge in [-0.25, -0.2) is 22.5 Å². The van der Waals surface area contributed by atoms with Crippen LogP contribution in [-0.2, 0) is 14.8 Å². The van der Waals surface area contributed by atoms with E-state index in [9.17, 15) is 13.2 Å². The van der Waals surface area contributed by atoms with Gasteiger partial charge in [0.15, 0.2) is 5.82 Å². The molecule has 0 bridgehead atoms. The van der Waals surface area contributed by atoms with Crippen LogP contribution in [0, 0.1) is 5.92 Å². The molecule has 2 aliphatic heterocycles. The lowest BCUT2D eigenvalue weighted by Gasteiger charge is -2.30. The first kappa shape index (κ1) is 18.1. The molecule has 0 aliphatic carbocycles. The first-order valence-electron chi connectivity index (χ1n) is 8.50. The van der Waals surface area contributed by atoms with Crippen molar-refractivity contribution in [1.29, 1.82) is 0 Å². The summed E-state index contributed by atoms with van der Waals surface area (Å²) in [7, 11) is -3.15. The van der Waals surface area contributed by atoms with Gasteiger partial charge in [-0.2, -0.15) is 0 Å². The second-order valence-electron chi connectivity index (χ2n) is 7.00. The molecule has 138 valence electrons. The molecule has 1 amide bonds. The Balaban J connectivity index is 1.77. The number of amides is 1. The summed E-state index contributed by atoms with van der Waals surface area (Å²) >= 11 is 0. The third-order valence-electron chi connectivity index (χ3n) is 4.90. The van der Waals surface area contributed by atoms with Gasteiger partial charge >= 0.3 is 6.09 Å². The molecule has 9 heteroatoms. The van der Waals surface area contributed by atoms with E-state index < -0.39 is 16.1 Å². The monoisotopic (exact) mass is 368 g/mol. The van der Waals surface area contributed by atoms with Crippen LogP contribution in [0.3, 0.4) is 0 Å². The molecule has 1 aromatic rings. The van der Waals surface area contributed by atoms with Crippen LogP contribution >= 0.6 is 0 Å². The molecule has 3 rings (SSSR count). The van der Waals surface area contributed by atoms with E-state index in [0.29, 0.717) is 38.4 Å². The maximum atomic E-state index is 12.1. The summed E-state index contributed by atoms with van der Waals surface area (Å²) in [4.78, 5) is 22.6. The van der Waals surface area contributed by atoms with Crippen molar-refractivity contribution in [3.63, 3.8) is 0 Å². The summed E-state index contributed by atoms with van der Waals surface area (Å²) < 4.78 is 29.9. The van der Waals surface area contributed by atoms with E-state index in [2.05, 4.69) is 9.97 Å². The minimum Gasteiger partial charge on any atom is -0.447 e. The first-order valence-corrected chi connectivity index (χ1v) is 10.3. The number of carbonyl (C=O) groups excluding carboxylic acids is 1. The lowest BCUT2D eigenvalue weighted by Crippen LogP contribution is -2.38. The van der Waals surface area contributed by atoms with Gasteiger partial charge in [-0.05, 0) is 18.8 Å². The standard InChI is InChI=1S/C16H24N4O4S/c1-11(2)14-10-24-16(21)20(14)15-9-17-8-13(18-15)12-4-6-19(7-5-12)25(3,22)23/h8-9,11-12,14H,4-7,10H2,1-3H3/t14-/m0/s1. The Morgan fingerprint density at radius 1 is 1.24 bits per heavy atom. The molecule has 2 fully saturated rings. The smallest absolute Gasteiger partial charge is 0.415 e. The van der Waals surface area contributed by atoms with E-state index >= 15 is 0 Å². The number of piperidine rings is 1. The molecule has 8 nitrogen and oxygen atoms in total. The zero-order valence-corrected chi connectivity index (χ0v) is 15.6. The number of nitrogens with zero attached hydrogens (tertiary/aromatic N) is 4. The van der Waals surface area contributed by atoms with Crippen molar-refractivity contribution in [2.24, 2.45) is 5.92 Å². The van der Waals surface area contributed by atoms with Crippen molar-refractivity contribution in [3.05, 3.63) is 18.1 Å². The lowest BCUT2D eigenvalue weighted by atomic mass is 9.95. The predicted octanol–water partition coefficient (Wildman–Crippen LogP) is 1.60. The molecule has 0 saturated carbocycles. The van der Waals surface area contributed by atoms with Gasteiger partial charge in [0.05, 0.1) is 24.2 Å². The van der Waals surface area contributed by atoms with E-state index in [1.54, 1.807) is 17.3 Å². The number of sulfonamides is 1. The molecule has 3 heterocycles. The number of ether oxygens (including phenoxy) is 1. The first-order chi connectivity index (χ1) is 11.8. The SMILES string of the molecule is CC(C)[C@@H]1COC(=O)N1c1cncc(C2CCN(S(C)(=O)=O)CC2)n1. The van der Waals surface area contributed by atoms with Crippen molar-refractivity contribution >= 4 is 21.9 Å². The summed E-state index contributed by atoms with van der Waals surface area (Å²) in [5, 5.41) is 0. The van der Waals surface area contributed by atoms with Gasteiger partial charge in [0.25, 0.3) is 0 Å². The molecule has 0 N–H and O–H groups in total. The van der Waals surface area contributed by atoms with Crippen molar-refractivity contribution in [3.8, 4) is 0 Å². The summed E-state index contributed by atoms with van der Waals surface area (Å²) in [6.45, 7) is 5.40. The molecule has 0 unspecified atom stereocenters. The van der Waals surface area contributed by atoms with Crippen LogP contribution in [0.5, 0.6) is 0 Å². The highest BCUT2D eigenvalue weighted by atomic mass is 32.2. The van der Waals surface area contributed by atoms with Gasteiger partial charge in [-0.15, -0.1) is 0 Å². The highest BCUT2D eigenvalue weighted by Crippen LogP contribution is 2.30. The molecule has 0 aromatic carbocycles. The summed E-state index contributed by atoms with van der Waals surface area (Å²) in [5.41, 5.74) is 0.799.